The summed E-state index contributed by atoms with van der Waals surface area (Å²) in [6.45, 7) is 4.56. The van der Waals surface area contributed by atoms with Gasteiger partial charge in [-0.15, -0.1) is 0 Å². The summed E-state index contributed by atoms with van der Waals surface area (Å²) in [5.74, 6) is 0.0773. The second-order valence-electron chi connectivity index (χ2n) is 8.94. The van der Waals surface area contributed by atoms with Gasteiger partial charge in [0.25, 0.3) is 0 Å². The van der Waals surface area contributed by atoms with E-state index in [1.54, 1.807) is 17.0 Å². The summed E-state index contributed by atoms with van der Waals surface area (Å²) in [7, 11) is 0. The first-order chi connectivity index (χ1) is 17.5. The Bertz CT molecular complexity index is 1070. The van der Waals surface area contributed by atoms with E-state index < -0.39 is 6.04 Å². The molecule has 190 valence electrons. The number of benzene rings is 3. The highest BCUT2D eigenvalue weighted by Crippen LogP contribution is 2.18. The van der Waals surface area contributed by atoms with Gasteiger partial charge in [-0.3, -0.25) is 9.59 Å². The Morgan fingerprint density at radius 3 is 2.19 bits per heavy atom. The van der Waals surface area contributed by atoms with Crippen molar-refractivity contribution in [3.63, 3.8) is 0 Å². The normalized spacial score (nSPS) is 12.4. The number of rotatable bonds is 13. The van der Waals surface area contributed by atoms with Crippen LogP contribution < -0.4 is 10.1 Å². The Hall–Kier alpha value is -3.67. The van der Waals surface area contributed by atoms with Gasteiger partial charge in [0, 0.05) is 25.4 Å². The zero-order valence-electron chi connectivity index (χ0n) is 21.0. The number of carbonyl (C=O) groups is 2. The van der Waals surface area contributed by atoms with Gasteiger partial charge in [-0.25, -0.2) is 4.39 Å². The van der Waals surface area contributed by atoms with Crippen molar-refractivity contribution in [1.29, 1.82) is 0 Å². The van der Waals surface area contributed by atoms with Crippen LogP contribution in [0.2, 0.25) is 0 Å². The van der Waals surface area contributed by atoms with Gasteiger partial charge in [0.15, 0.2) is 0 Å². The molecule has 0 radical (unpaired) electrons. The van der Waals surface area contributed by atoms with Gasteiger partial charge < -0.3 is 15.0 Å². The summed E-state index contributed by atoms with van der Waals surface area (Å²) < 4.78 is 19.3. The molecule has 0 aromatic heterocycles. The van der Waals surface area contributed by atoms with Crippen molar-refractivity contribution in [2.75, 3.05) is 6.61 Å². The highest BCUT2D eigenvalue weighted by Gasteiger charge is 2.30. The molecule has 5 nitrogen and oxygen atoms in total. The number of nitrogens with zero attached hydrogens (tertiary/aromatic N) is 1. The summed E-state index contributed by atoms with van der Waals surface area (Å²) in [5, 5.41) is 3.05. The van der Waals surface area contributed by atoms with Gasteiger partial charge in [-0.05, 0) is 55.2 Å². The first-order valence-corrected chi connectivity index (χ1v) is 12.5. The molecule has 1 N–H and O–H groups in total. The molecule has 36 heavy (non-hydrogen) atoms. The lowest BCUT2D eigenvalue weighted by molar-refractivity contribution is -0.141. The lowest BCUT2D eigenvalue weighted by Gasteiger charge is -2.32. The van der Waals surface area contributed by atoms with E-state index in [4.69, 9.17) is 4.74 Å². The molecule has 3 aromatic rings. The van der Waals surface area contributed by atoms with E-state index in [0.717, 1.165) is 23.3 Å². The molecule has 0 spiro atoms. The molecule has 0 fully saturated rings. The van der Waals surface area contributed by atoms with Gasteiger partial charge in [0.1, 0.15) is 17.6 Å². The molecule has 0 heterocycles. The fourth-order valence-electron chi connectivity index (χ4n) is 3.86. The number of hydrogen-bond donors (Lipinski definition) is 1. The predicted molar refractivity (Wildman–Crippen MR) is 140 cm³/mol. The summed E-state index contributed by atoms with van der Waals surface area (Å²) in [4.78, 5) is 28.6. The first-order valence-electron chi connectivity index (χ1n) is 12.5. The molecule has 2 amide bonds. The molecule has 0 saturated heterocycles. The second-order valence-corrected chi connectivity index (χ2v) is 8.94. The number of carbonyl (C=O) groups excluding carboxylic acids is 2. The summed E-state index contributed by atoms with van der Waals surface area (Å²) in [5.41, 5.74) is 1.73. The monoisotopic (exact) mass is 490 g/mol. The summed E-state index contributed by atoms with van der Waals surface area (Å²) >= 11 is 0. The minimum Gasteiger partial charge on any atom is -0.494 e. The van der Waals surface area contributed by atoms with Gasteiger partial charge >= 0.3 is 0 Å². The van der Waals surface area contributed by atoms with E-state index in [0.29, 0.717) is 19.4 Å². The van der Waals surface area contributed by atoms with E-state index in [-0.39, 0.29) is 36.6 Å². The number of amides is 2. The average molecular weight is 491 g/mol. The van der Waals surface area contributed by atoms with Gasteiger partial charge in [0.2, 0.25) is 11.8 Å². The molecule has 2 atom stereocenters. The van der Waals surface area contributed by atoms with Crippen LogP contribution in [-0.4, -0.2) is 35.4 Å². The van der Waals surface area contributed by atoms with Crippen LogP contribution in [0.4, 0.5) is 4.39 Å². The summed E-state index contributed by atoms with van der Waals surface area (Å²) in [6, 6.07) is 24.5. The van der Waals surface area contributed by atoms with Crippen LogP contribution in [0.5, 0.6) is 5.75 Å². The second kappa shape index (κ2) is 14.0. The van der Waals surface area contributed by atoms with Crippen LogP contribution in [0.15, 0.2) is 84.9 Å². The Kier molecular flexibility index (Phi) is 10.5. The molecule has 0 aliphatic carbocycles. The summed E-state index contributed by atoms with van der Waals surface area (Å²) in [6.07, 6.45) is 1.91. The van der Waals surface area contributed by atoms with Crippen molar-refractivity contribution >= 4 is 11.8 Å². The molecule has 2 unspecified atom stereocenters. The fourth-order valence-corrected chi connectivity index (χ4v) is 3.86. The third kappa shape index (κ3) is 8.52. The molecule has 0 aliphatic heterocycles. The molecule has 3 aromatic carbocycles. The Morgan fingerprint density at radius 1 is 0.917 bits per heavy atom. The molecular weight excluding hydrogens is 455 g/mol. The van der Waals surface area contributed by atoms with Gasteiger partial charge in [-0.2, -0.15) is 0 Å². The number of halogens is 1. The predicted octanol–water partition coefficient (Wildman–Crippen LogP) is 5.54. The maximum absolute atomic E-state index is 13.5. The Balaban J connectivity index is 1.80. The minimum absolute atomic E-state index is 0.0159. The van der Waals surface area contributed by atoms with Gasteiger partial charge in [0.05, 0.1) is 6.61 Å². The molecule has 0 aliphatic rings. The van der Waals surface area contributed by atoms with E-state index in [1.165, 1.54) is 12.1 Å². The number of ether oxygens (including phenoxy) is 1. The van der Waals surface area contributed by atoms with Crippen LogP contribution in [0, 0.1) is 5.82 Å². The zero-order valence-corrected chi connectivity index (χ0v) is 21.0. The molecule has 0 bridgehead atoms. The third-order valence-electron chi connectivity index (χ3n) is 6.09. The number of para-hydroxylation sites is 1. The SMILES string of the molecule is CCC(C)NC(=O)C(Cc1ccccc1)N(Cc1ccc(F)cc1)C(=O)CCCOc1ccccc1. The zero-order chi connectivity index (χ0) is 25.8. The van der Waals surface area contributed by atoms with Crippen LogP contribution in [0.3, 0.4) is 0 Å². The van der Waals surface area contributed by atoms with E-state index in [9.17, 15) is 14.0 Å². The fraction of sp³-hybridized carbons (Fsp3) is 0.333. The quantitative estimate of drug-likeness (QED) is 0.320. The van der Waals surface area contributed by atoms with Crippen molar-refractivity contribution in [3.05, 3.63) is 102 Å². The van der Waals surface area contributed by atoms with Crippen LogP contribution in [-0.2, 0) is 22.6 Å². The van der Waals surface area contributed by atoms with E-state index in [1.807, 2.05) is 74.5 Å². The highest BCUT2D eigenvalue weighted by molar-refractivity contribution is 5.88. The number of hydrogen-bond acceptors (Lipinski definition) is 3. The van der Waals surface area contributed by atoms with Gasteiger partial charge in [-0.1, -0.05) is 67.6 Å². The number of nitrogens with one attached hydrogen (secondary N) is 1. The van der Waals surface area contributed by atoms with E-state index >= 15 is 0 Å². The minimum atomic E-state index is -0.700. The van der Waals surface area contributed by atoms with Crippen molar-refractivity contribution in [3.8, 4) is 5.75 Å². The van der Waals surface area contributed by atoms with Crippen molar-refractivity contribution in [2.45, 2.75) is 58.2 Å². The molecule has 6 heteroatoms. The maximum Gasteiger partial charge on any atom is 0.243 e. The lowest BCUT2D eigenvalue weighted by atomic mass is 10.0. The molecule has 3 rings (SSSR count). The smallest absolute Gasteiger partial charge is 0.243 e. The Labute approximate surface area is 213 Å². The molecule has 0 saturated carbocycles. The van der Waals surface area contributed by atoms with Crippen molar-refractivity contribution in [2.24, 2.45) is 0 Å². The topological polar surface area (TPSA) is 58.6 Å². The standard InChI is InChI=1S/C30H35FN2O3/c1-3-23(2)32-30(35)28(21-24-11-6-4-7-12-24)33(22-25-16-18-26(31)19-17-25)29(34)15-10-20-36-27-13-8-5-9-14-27/h4-9,11-14,16-19,23,28H,3,10,15,20-22H2,1-2H3,(H,32,35). The molecular formula is C30H35FN2O3. The van der Waals surface area contributed by atoms with Crippen LogP contribution >= 0.6 is 0 Å². The highest BCUT2D eigenvalue weighted by atomic mass is 19.1. The third-order valence-corrected chi connectivity index (χ3v) is 6.09. The van der Waals surface area contributed by atoms with Crippen molar-refractivity contribution < 1.29 is 18.7 Å². The van der Waals surface area contributed by atoms with Crippen molar-refractivity contribution in [1.82, 2.24) is 10.2 Å². The van der Waals surface area contributed by atoms with E-state index in [2.05, 4.69) is 5.32 Å². The Morgan fingerprint density at radius 2 is 1.56 bits per heavy atom. The average Bonchev–Trinajstić information content (AvgIpc) is 2.90. The maximum atomic E-state index is 13.5. The van der Waals surface area contributed by atoms with Crippen LogP contribution in [0.25, 0.3) is 0 Å². The lowest BCUT2D eigenvalue weighted by Crippen LogP contribution is -2.52. The van der Waals surface area contributed by atoms with Crippen LogP contribution in [0.1, 0.15) is 44.2 Å². The largest absolute Gasteiger partial charge is 0.494 e. The first kappa shape index (κ1) is 26.9.